The van der Waals surface area contributed by atoms with Crippen LogP contribution in [0.1, 0.15) is 88.7 Å². The summed E-state index contributed by atoms with van der Waals surface area (Å²) in [5, 5.41) is 14.8. The number of fused-ring (bicyclic) bond motifs is 1. The normalized spacial score (nSPS) is 31.5. The molecule has 1 amide bonds. The highest BCUT2D eigenvalue weighted by atomic mass is 16.3. The molecule has 202 valence electrons. The Morgan fingerprint density at radius 3 is 2.59 bits per heavy atom. The number of hydrogen-bond acceptors (Lipinski definition) is 6. The molecule has 2 saturated carbocycles. The summed E-state index contributed by atoms with van der Waals surface area (Å²) in [5.74, 6) is 2.43. The molecule has 0 radical (unpaired) electrons. The number of anilines is 1. The lowest BCUT2D eigenvalue weighted by molar-refractivity contribution is -0.138. The standard InChI is InChI=1S/C29H44N6O2/c1-3-19-15-26(19)31-29-30-16-24-25(18-35(27(24)32-29)22-6-8-23(36)9-7-22)20-10-13-34(14-11-20)28(37)21-5-4-12-33(2)17-21/h16,18-23,26,36H,3-15,17H2,1-2H3,(H,30,31,32)/t19-,21-,22?,23?,26-/m0/s1. The summed E-state index contributed by atoms with van der Waals surface area (Å²) in [4.78, 5) is 27.4. The molecule has 8 nitrogen and oxygen atoms in total. The molecule has 2 aliphatic carbocycles. The molecule has 4 aliphatic rings. The van der Waals surface area contributed by atoms with E-state index >= 15 is 0 Å². The van der Waals surface area contributed by atoms with Gasteiger partial charge in [-0.25, -0.2) is 4.98 Å². The topological polar surface area (TPSA) is 86.5 Å². The molecule has 0 spiro atoms. The van der Waals surface area contributed by atoms with E-state index in [-0.39, 0.29) is 12.0 Å². The van der Waals surface area contributed by atoms with Crippen molar-refractivity contribution < 1.29 is 9.90 Å². The van der Waals surface area contributed by atoms with Crippen LogP contribution in [0, 0.1) is 11.8 Å². The van der Waals surface area contributed by atoms with Gasteiger partial charge in [-0.1, -0.05) is 13.3 Å². The Morgan fingerprint density at radius 1 is 1.11 bits per heavy atom. The zero-order chi connectivity index (χ0) is 25.5. The smallest absolute Gasteiger partial charge is 0.226 e. The Kier molecular flexibility index (Phi) is 7.14. The van der Waals surface area contributed by atoms with Gasteiger partial charge in [0.2, 0.25) is 11.9 Å². The number of piperidine rings is 2. The fourth-order valence-corrected chi connectivity index (χ4v) is 7.14. The van der Waals surface area contributed by atoms with Crippen LogP contribution in [0.15, 0.2) is 12.4 Å². The molecule has 2 aliphatic heterocycles. The minimum absolute atomic E-state index is 0.164. The Morgan fingerprint density at radius 2 is 1.89 bits per heavy atom. The van der Waals surface area contributed by atoms with E-state index < -0.39 is 0 Å². The molecule has 37 heavy (non-hydrogen) atoms. The van der Waals surface area contributed by atoms with Crippen LogP contribution in [0.3, 0.4) is 0 Å². The van der Waals surface area contributed by atoms with Crippen molar-refractivity contribution in [3.05, 3.63) is 18.0 Å². The van der Waals surface area contributed by atoms with Gasteiger partial charge in [-0.3, -0.25) is 4.79 Å². The van der Waals surface area contributed by atoms with Crippen LogP contribution in [0.25, 0.3) is 11.0 Å². The third-order valence-electron chi connectivity index (χ3n) is 9.64. The average molecular weight is 509 g/mol. The van der Waals surface area contributed by atoms with Crippen molar-refractivity contribution in [2.24, 2.45) is 11.8 Å². The predicted octanol–water partition coefficient (Wildman–Crippen LogP) is 4.17. The molecule has 4 fully saturated rings. The first-order valence-electron chi connectivity index (χ1n) is 14.8. The van der Waals surface area contributed by atoms with Crippen LogP contribution >= 0.6 is 0 Å². The van der Waals surface area contributed by atoms with E-state index in [0.717, 1.165) is 100 Å². The summed E-state index contributed by atoms with van der Waals surface area (Å²) in [6.45, 7) is 5.93. The van der Waals surface area contributed by atoms with Crippen molar-refractivity contribution in [1.82, 2.24) is 24.3 Å². The molecule has 6 rings (SSSR count). The van der Waals surface area contributed by atoms with Crippen molar-refractivity contribution in [2.45, 2.75) is 95.2 Å². The number of aliphatic hydroxyl groups is 1. The minimum atomic E-state index is -0.170. The first-order valence-corrected chi connectivity index (χ1v) is 14.8. The minimum Gasteiger partial charge on any atom is -0.393 e. The van der Waals surface area contributed by atoms with E-state index in [1.807, 2.05) is 6.20 Å². The Balaban J connectivity index is 1.21. The van der Waals surface area contributed by atoms with Crippen molar-refractivity contribution in [3.63, 3.8) is 0 Å². The number of amides is 1. The van der Waals surface area contributed by atoms with Gasteiger partial charge in [-0.2, -0.15) is 4.98 Å². The predicted molar refractivity (Wildman–Crippen MR) is 146 cm³/mol. The molecule has 0 bridgehead atoms. The van der Waals surface area contributed by atoms with Crippen LogP contribution in [0.2, 0.25) is 0 Å². The molecular weight excluding hydrogens is 464 g/mol. The van der Waals surface area contributed by atoms with Crippen molar-refractivity contribution in [1.29, 1.82) is 0 Å². The number of aromatic nitrogens is 3. The SMILES string of the molecule is CC[C@H]1C[C@@H]1Nc1ncc2c(C3CCN(C(=O)[C@H]4CCCN(C)C4)CC3)cn(C3CCC(O)CC3)c2n1. The molecule has 0 unspecified atom stereocenters. The molecule has 0 aromatic carbocycles. The fraction of sp³-hybridized carbons (Fsp3) is 0.759. The molecular formula is C29H44N6O2. The molecule has 4 heterocycles. The second-order valence-corrected chi connectivity index (χ2v) is 12.2. The van der Waals surface area contributed by atoms with Crippen LogP contribution in [0.5, 0.6) is 0 Å². The first-order chi connectivity index (χ1) is 18.0. The highest BCUT2D eigenvalue weighted by Gasteiger charge is 2.36. The Hall–Kier alpha value is -2.19. The van der Waals surface area contributed by atoms with Crippen molar-refractivity contribution in [2.75, 3.05) is 38.5 Å². The number of aliphatic hydroxyl groups excluding tert-OH is 1. The zero-order valence-corrected chi connectivity index (χ0v) is 22.6. The summed E-state index contributed by atoms with van der Waals surface area (Å²) < 4.78 is 2.39. The largest absolute Gasteiger partial charge is 0.393 e. The maximum atomic E-state index is 13.2. The quantitative estimate of drug-likeness (QED) is 0.609. The van der Waals surface area contributed by atoms with Crippen molar-refractivity contribution in [3.8, 4) is 0 Å². The number of carbonyl (C=O) groups is 1. The van der Waals surface area contributed by atoms with E-state index in [2.05, 4.69) is 39.9 Å². The summed E-state index contributed by atoms with van der Waals surface area (Å²) in [5.41, 5.74) is 2.38. The van der Waals surface area contributed by atoms with E-state index in [0.29, 0.717) is 23.9 Å². The van der Waals surface area contributed by atoms with Gasteiger partial charge in [0.1, 0.15) is 5.65 Å². The van der Waals surface area contributed by atoms with Gasteiger partial charge in [-0.15, -0.1) is 0 Å². The van der Waals surface area contributed by atoms with E-state index in [4.69, 9.17) is 9.97 Å². The lowest BCUT2D eigenvalue weighted by Gasteiger charge is -2.37. The molecule has 2 saturated heterocycles. The molecule has 2 N–H and O–H groups in total. The van der Waals surface area contributed by atoms with Crippen LogP contribution in [-0.4, -0.2) is 80.7 Å². The van der Waals surface area contributed by atoms with Crippen molar-refractivity contribution >= 4 is 22.9 Å². The van der Waals surface area contributed by atoms with Gasteiger partial charge in [0, 0.05) is 49.5 Å². The van der Waals surface area contributed by atoms with E-state index in [1.165, 1.54) is 18.4 Å². The highest BCUT2D eigenvalue weighted by Crippen LogP contribution is 2.40. The van der Waals surface area contributed by atoms with E-state index in [1.54, 1.807) is 0 Å². The monoisotopic (exact) mass is 508 g/mol. The maximum absolute atomic E-state index is 13.2. The van der Waals surface area contributed by atoms with Gasteiger partial charge >= 0.3 is 0 Å². The number of carbonyl (C=O) groups excluding carboxylic acids is 1. The number of nitrogens with one attached hydrogen (secondary N) is 1. The van der Waals surface area contributed by atoms with Crippen LogP contribution < -0.4 is 5.32 Å². The van der Waals surface area contributed by atoms with Crippen LogP contribution in [-0.2, 0) is 4.79 Å². The fourth-order valence-electron chi connectivity index (χ4n) is 7.14. The highest BCUT2D eigenvalue weighted by molar-refractivity contribution is 5.82. The summed E-state index contributed by atoms with van der Waals surface area (Å²) in [7, 11) is 2.13. The zero-order valence-electron chi connectivity index (χ0n) is 22.6. The number of rotatable bonds is 6. The summed E-state index contributed by atoms with van der Waals surface area (Å²) in [6, 6.07) is 0.873. The molecule has 3 atom stereocenters. The Bertz CT molecular complexity index is 1100. The second kappa shape index (κ2) is 10.5. The summed E-state index contributed by atoms with van der Waals surface area (Å²) in [6.07, 6.45) is 14.4. The van der Waals surface area contributed by atoms with Crippen LogP contribution in [0.4, 0.5) is 5.95 Å². The number of nitrogens with zero attached hydrogens (tertiary/aromatic N) is 5. The van der Waals surface area contributed by atoms with Gasteiger partial charge in [0.15, 0.2) is 0 Å². The third-order valence-corrected chi connectivity index (χ3v) is 9.64. The Labute approximate surface area is 220 Å². The average Bonchev–Trinajstić information content (AvgIpc) is 3.57. The van der Waals surface area contributed by atoms with Gasteiger partial charge < -0.3 is 24.8 Å². The number of likely N-dealkylation sites (tertiary alicyclic amines) is 2. The maximum Gasteiger partial charge on any atom is 0.226 e. The van der Waals surface area contributed by atoms with Gasteiger partial charge in [-0.05, 0) is 88.8 Å². The van der Waals surface area contributed by atoms with Gasteiger partial charge in [0.25, 0.3) is 0 Å². The molecule has 8 heteroatoms. The lowest BCUT2D eigenvalue weighted by Crippen LogP contribution is -2.46. The third kappa shape index (κ3) is 5.24. The lowest BCUT2D eigenvalue weighted by atomic mass is 9.88. The molecule has 2 aromatic heterocycles. The molecule has 2 aromatic rings. The summed E-state index contributed by atoms with van der Waals surface area (Å²) >= 11 is 0. The van der Waals surface area contributed by atoms with E-state index in [9.17, 15) is 9.90 Å². The number of hydrogen-bond donors (Lipinski definition) is 2. The second-order valence-electron chi connectivity index (χ2n) is 12.2. The van der Waals surface area contributed by atoms with Gasteiger partial charge in [0.05, 0.1) is 12.0 Å². The first kappa shape index (κ1) is 25.1.